The Morgan fingerprint density at radius 1 is 1.24 bits per heavy atom. The second-order valence-electron chi connectivity index (χ2n) is 5.54. The second kappa shape index (κ2) is 9.07. The molecule has 0 atom stereocenters. The third-order valence-corrected chi connectivity index (χ3v) is 3.81. The smallest absolute Gasteiger partial charge is 0.321 e. The third kappa shape index (κ3) is 6.11. The highest BCUT2D eigenvalue weighted by Crippen LogP contribution is 2.24. The Morgan fingerprint density at radius 3 is 2.60 bits per heavy atom. The fourth-order valence-electron chi connectivity index (χ4n) is 1.75. The largest absolute Gasteiger partial charge is 0.497 e. The molecule has 134 valence electrons. The van der Waals surface area contributed by atoms with Crippen molar-refractivity contribution in [2.75, 3.05) is 19.4 Å². The van der Waals surface area contributed by atoms with Gasteiger partial charge in [0.15, 0.2) is 0 Å². The molecule has 1 aromatic heterocycles. The van der Waals surface area contributed by atoms with Crippen LogP contribution in [0.3, 0.4) is 0 Å². The molecule has 2 N–H and O–H groups in total. The minimum Gasteiger partial charge on any atom is -0.497 e. The molecule has 0 aliphatic heterocycles. The van der Waals surface area contributed by atoms with Crippen LogP contribution in [-0.4, -0.2) is 41.5 Å². The number of rotatable bonds is 7. The van der Waals surface area contributed by atoms with Crippen LogP contribution in [0.15, 0.2) is 33.9 Å². The van der Waals surface area contributed by atoms with Crippen molar-refractivity contribution in [3.63, 3.8) is 0 Å². The van der Waals surface area contributed by atoms with Gasteiger partial charge >= 0.3 is 6.03 Å². The van der Waals surface area contributed by atoms with Gasteiger partial charge in [-0.25, -0.2) is 4.79 Å². The number of nitrogens with zero attached hydrogens (tertiary/aromatic N) is 2. The molecule has 0 radical (unpaired) electrons. The third-order valence-electron chi connectivity index (χ3n) is 2.99. The van der Waals surface area contributed by atoms with Crippen molar-refractivity contribution in [2.45, 2.75) is 19.1 Å². The number of carbonyl (C=O) groups excluding carboxylic acids is 2. The number of nitrogens with one attached hydrogen (secondary N) is 2. The van der Waals surface area contributed by atoms with E-state index in [-0.39, 0.29) is 11.0 Å². The first-order valence-electron chi connectivity index (χ1n) is 7.66. The highest BCUT2D eigenvalue weighted by molar-refractivity contribution is 7.99. The molecule has 3 amide bonds. The molecule has 0 spiro atoms. The van der Waals surface area contributed by atoms with Gasteiger partial charge in [0.05, 0.1) is 12.9 Å². The van der Waals surface area contributed by atoms with E-state index in [0.29, 0.717) is 18.4 Å². The zero-order valence-electron chi connectivity index (χ0n) is 14.2. The van der Waals surface area contributed by atoms with E-state index in [1.54, 1.807) is 31.4 Å². The summed E-state index contributed by atoms with van der Waals surface area (Å²) >= 11 is 1.06. The standard InChI is InChI=1S/C16H20N4O4S/c1-10(2)8-17-15(22)18-13(21)9-25-16-20-19-14(24-16)11-4-6-12(23-3)7-5-11/h4-7,10H,8-9H2,1-3H3,(H2,17,18,21,22). The molecular formula is C16H20N4O4S. The molecule has 9 heteroatoms. The Bertz CT molecular complexity index is 715. The average molecular weight is 364 g/mol. The van der Waals surface area contributed by atoms with Crippen LogP contribution in [0.25, 0.3) is 11.5 Å². The molecule has 2 aromatic rings. The summed E-state index contributed by atoms with van der Waals surface area (Å²) in [5.41, 5.74) is 0.748. The van der Waals surface area contributed by atoms with Gasteiger partial charge in [-0.1, -0.05) is 25.6 Å². The summed E-state index contributed by atoms with van der Waals surface area (Å²) in [4.78, 5) is 23.2. The Labute approximate surface area is 149 Å². The first kappa shape index (κ1) is 18.8. The molecule has 8 nitrogen and oxygen atoms in total. The van der Waals surface area contributed by atoms with Gasteiger partial charge in [0.25, 0.3) is 5.22 Å². The van der Waals surface area contributed by atoms with Crippen LogP contribution in [0.4, 0.5) is 4.79 Å². The van der Waals surface area contributed by atoms with Crippen molar-refractivity contribution in [1.29, 1.82) is 0 Å². The quantitative estimate of drug-likeness (QED) is 0.726. The molecule has 0 aliphatic rings. The number of carbonyl (C=O) groups is 2. The van der Waals surface area contributed by atoms with Crippen molar-refractivity contribution < 1.29 is 18.7 Å². The van der Waals surface area contributed by atoms with Gasteiger partial charge in [0.1, 0.15) is 5.75 Å². The fraction of sp³-hybridized carbons (Fsp3) is 0.375. The number of imide groups is 1. The minimum atomic E-state index is -0.510. The first-order valence-corrected chi connectivity index (χ1v) is 8.65. The van der Waals surface area contributed by atoms with E-state index in [1.807, 2.05) is 13.8 Å². The van der Waals surface area contributed by atoms with Gasteiger partial charge in [0, 0.05) is 12.1 Å². The van der Waals surface area contributed by atoms with Crippen LogP contribution in [0.1, 0.15) is 13.8 Å². The molecule has 0 saturated heterocycles. The van der Waals surface area contributed by atoms with Crippen LogP contribution in [0.2, 0.25) is 0 Å². The van der Waals surface area contributed by atoms with Crippen molar-refractivity contribution in [3.8, 4) is 17.2 Å². The number of benzene rings is 1. The molecule has 25 heavy (non-hydrogen) atoms. The lowest BCUT2D eigenvalue weighted by Crippen LogP contribution is -2.41. The van der Waals surface area contributed by atoms with E-state index in [1.165, 1.54) is 0 Å². The van der Waals surface area contributed by atoms with Crippen LogP contribution in [-0.2, 0) is 4.79 Å². The van der Waals surface area contributed by atoms with E-state index < -0.39 is 11.9 Å². The van der Waals surface area contributed by atoms with Crippen molar-refractivity contribution >= 4 is 23.7 Å². The average Bonchev–Trinajstić information content (AvgIpc) is 3.07. The van der Waals surface area contributed by atoms with Crippen LogP contribution in [0, 0.1) is 5.92 Å². The van der Waals surface area contributed by atoms with Crippen LogP contribution < -0.4 is 15.4 Å². The van der Waals surface area contributed by atoms with Gasteiger partial charge in [-0.15, -0.1) is 10.2 Å². The summed E-state index contributed by atoms with van der Waals surface area (Å²) in [6.45, 7) is 4.43. The molecular weight excluding hydrogens is 344 g/mol. The topological polar surface area (TPSA) is 106 Å². The van der Waals surface area contributed by atoms with E-state index in [2.05, 4.69) is 20.8 Å². The summed E-state index contributed by atoms with van der Waals surface area (Å²) in [5.74, 6) is 0.949. The van der Waals surface area contributed by atoms with Gasteiger partial charge in [-0.2, -0.15) is 0 Å². The Morgan fingerprint density at radius 2 is 1.96 bits per heavy atom. The number of ether oxygens (including phenoxy) is 1. The normalized spacial score (nSPS) is 10.6. The number of methoxy groups -OCH3 is 1. The molecule has 2 rings (SSSR count). The Kier molecular flexibility index (Phi) is 6.81. The fourth-order valence-corrected chi connectivity index (χ4v) is 2.31. The van der Waals surface area contributed by atoms with Crippen molar-refractivity contribution in [2.24, 2.45) is 5.92 Å². The number of amides is 3. The molecule has 0 bridgehead atoms. The maximum absolute atomic E-state index is 11.7. The second-order valence-corrected chi connectivity index (χ2v) is 6.47. The summed E-state index contributed by atoms with van der Waals surface area (Å²) < 4.78 is 10.6. The molecule has 0 saturated carbocycles. The maximum Gasteiger partial charge on any atom is 0.321 e. The lowest BCUT2D eigenvalue weighted by atomic mass is 10.2. The highest BCUT2D eigenvalue weighted by Gasteiger charge is 2.13. The Hall–Kier alpha value is -2.55. The lowest BCUT2D eigenvalue weighted by Gasteiger charge is -2.07. The summed E-state index contributed by atoms with van der Waals surface area (Å²) in [6, 6.07) is 6.66. The van der Waals surface area contributed by atoms with E-state index in [4.69, 9.17) is 9.15 Å². The SMILES string of the molecule is COc1ccc(-c2nnc(SCC(=O)NC(=O)NCC(C)C)o2)cc1. The highest BCUT2D eigenvalue weighted by atomic mass is 32.2. The number of hydrogen-bond donors (Lipinski definition) is 2. The van der Waals surface area contributed by atoms with E-state index >= 15 is 0 Å². The predicted molar refractivity (Wildman–Crippen MR) is 93.4 cm³/mol. The zero-order chi connectivity index (χ0) is 18.2. The zero-order valence-corrected chi connectivity index (χ0v) is 15.1. The molecule has 0 unspecified atom stereocenters. The maximum atomic E-state index is 11.7. The van der Waals surface area contributed by atoms with Crippen molar-refractivity contribution in [3.05, 3.63) is 24.3 Å². The van der Waals surface area contributed by atoms with Crippen molar-refractivity contribution in [1.82, 2.24) is 20.8 Å². The number of urea groups is 1. The van der Waals surface area contributed by atoms with Gasteiger partial charge in [-0.3, -0.25) is 10.1 Å². The first-order chi connectivity index (χ1) is 12.0. The molecule has 1 aromatic carbocycles. The summed E-state index contributed by atoms with van der Waals surface area (Å²) in [5, 5.41) is 12.9. The number of aromatic nitrogens is 2. The van der Waals surface area contributed by atoms with Gasteiger partial charge < -0.3 is 14.5 Å². The summed E-state index contributed by atoms with van der Waals surface area (Å²) in [6.07, 6.45) is 0. The monoisotopic (exact) mass is 364 g/mol. The predicted octanol–water partition coefficient (Wildman–Crippen LogP) is 2.32. The van der Waals surface area contributed by atoms with Gasteiger partial charge in [0.2, 0.25) is 11.8 Å². The number of hydrogen-bond acceptors (Lipinski definition) is 7. The molecule has 0 aliphatic carbocycles. The van der Waals surface area contributed by atoms with Crippen LogP contribution >= 0.6 is 11.8 Å². The molecule has 1 heterocycles. The lowest BCUT2D eigenvalue weighted by molar-refractivity contribution is -0.117. The minimum absolute atomic E-state index is 0.000650. The van der Waals surface area contributed by atoms with E-state index in [0.717, 1.165) is 23.1 Å². The Balaban J connectivity index is 1.82. The van der Waals surface area contributed by atoms with Gasteiger partial charge in [-0.05, 0) is 30.2 Å². The van der Waals surface area contributed by atoms with Crippen LogP contribution in [0.5, 0.6) is 5.75 Å². The number of thioether (sulfide) groups is 1. The van der Waals surface area contributed by atoms with E-state index in [9.17, 15) is 9.59 Å². The summed E-state index contributed by atoms with van der Waals surface area (Å²) in [7, 11) is 1.59. The molecule has 0 fully saturated rings.